The van der Waals surface area contributed by atoms with Crippen LogP contribution in [0.15, 0.2) is 42.5 Å². The van der Waals surface area contributed by atoms with Crippen molar-refractivity contribution in [2.24, 2.45) is 5.73 Å². The van der Waals surface area contributed by atoms with Gasteiger partial charge in [0.1, 0.15) is 11.7 Å². The highest BCUT2D eigenvalue weighted by Crippen LogP contribution is 2.22. The Hall–Kier alpha value is -2.36. The Morgan fingerprint density at radius 1 is 1.24 bits per heavy atom. The molecule has 2 aromatic rings. The molecule has 4 heteroatoms. The van der Waals surface area contributed by atoms with Crippen LogP contribution in [0.2, 0.25) is 0 Å². The van der Waals surface area contributed by atoms with Gasteiger partial charge in [-0.1, -0.05) is 24.3 Å². The number of nitrogen functional groups attached to an aromatic ring is 1. The van der Waals surface area contributed by atoms with E-state index in [0.717, 1.165) is 17.7 Å². The van der Waals surface area contributed by atoms with E-state index >= 15 is 0 Å². The van der Waals surface area contributed by atoms with Crippen molar-refractivity contribution >= 4 is 11.5 Å². The van der Waals surface area contributed by atoms with Crippen LogP contribution < -0.4 is 10.6 Å². The molecule has 0 aliphatic carbocycles. The van der Waals surface area contributed by atoms with E-state index in [4.69, 9.17) is 11.1 Å². The third kappa shape index (κ3) is 3.40. The zero-order chi connectivity index (χ0) is 15.4. The predicted molar refractivity (Wildman–Crippen MR) is 85.3 cm³/mol. The maximum Gasteiger partial charge on any atom is 0.146 e. The lowest BCUT2D eigenvalue weighted by Gasteiger charge is -2.24. The minimum atomic E-state index is -0.211. The molecule has 110 valence electrons. The first kappa shape index (κ1) is 15.0. The van der Waals surface area contributed by atoms with Crippen molar-refractivity contribution in [1.82, 2.24) is 0 Å². The van der Waals surface area contributed by atoms with Crippen LogP contribution in [0.3, 0.4) is 0 Å². The molecule has 0 aliphatic heterocycles. The number of anilines is 1. The monoisotopic (exact) mass is 285 g/mol. The van der Waals surface area contributed by atoms with Gasteiger partial charge in [-0.15, -0.1) is 0 Å². The average Bonchev–Trinajstić information content (AvgIpc) is 2.47. The lowest BCUT2D eigenvalue weighted by atomic mass is 10.0. The molecule has 0 bridgehead atoms. The molecule has 0 atom stereocenters. The Morgan fingerprint density at radius 2 is 1.95 bits per heavy atom. The summed E-state index contributed by atoms with van der Waals surface area (Å²) in [6.07, 6.45) is 0. The molecule has 0 aromatic heterocycles. The van der Waals surface area contributed by atoms with E-state index < -0.39 is 0 Å². The van der Waals surface area contributed by atoms with Crippen LogP contribution in [-0.2, 0) is 6.54 Å². The summed E-state index contributed by atoms with van der Waals surface area (Å²) in [7, 11) is 0. The fourth-order valence-electron chi connectivity index (χ4n) is 2.32. The lowest BCUT2D eigenvalue weighted by molar-refractivity contribution is 0.617. The number of hydrogen-bond acceptors (Lipinski definition) is 2. The summed E-state index contributed by atoms with van der Waals surface area (Å²) in [6, 6.07) is 12.5. The molecule has 0 aliphatic rings. The first-order valence-electron chi connectivity index (χ1n) is 6.96. The van der Waals surface area contributed by atoms with Crippen molar-refractivity contribution in [3.8, 4) is 0 Å². The minimum absolute atomic E-state index is 0.0612. The highest BCUT2D eigenvalue weighted by atomic mass is 19.1. The summed E-state index contributed by atoms with van der Waals surface area (Å²) in [6.45, 7) is 5.33. The van der Waals surface area contributed by atoms with Crippen molar-refractivity contribution in [3.63, 3.8) is 0 Å². The second kappa shape index (κ2) is 6.39. The third-order valence-corrected chi connectivity index (χ3v) is 3.59. The molecular weight excluding hydrogens is 265 g/mol. The Balaban J connectivity index is 2.27. The second-order valence-electron chi connectivity index (χ2n) is 5.02. The maximum absolute atomic E-state index is 13.9. The molecule has 0 spiro atoms. The van der Waals surface area contributed by atoms with E-state index in [9.17, 15) is 4.39 Å². The molecule has 0 unspecified atom stereocenters. The normalized spacial score (nSPS) is 10.4. The number of aryl methyl sites for hydroxylation is 1. The van der Waals surface area contributed by atoms with Gasteiger partial charge in [0.25, 0.3) is 0 Å². The number of benzene rings is 2. The highest BCUT2D eigenvalue weighted by molar-refractivity contribution is 5.95. The van der Waals surface area contributed by atoms with Crippen LogP contribution in [0.25, 0.3) is 0 Å². The van der Waals surface area contributed by atoms with Gasteiger partial charge in [0.05, 0.1) is 5.69 Å². The molecule has 21 heavy (non-hydrogen) atoms. The maximum atomic E-state index is 13.9. The number of halogens is 1. The van der Waals surface area contributed by atoms with Gasteiger partial charge in [-0.05, 0) is 43.2 Å². The molecule has 3 nitrogen and oxygen atoms in total. The number of hydrogen-bond donors (Lipinski definition) is 2. The number of nitrogens with two attached hydrogens (primary N) is 1. The minimum Gasteiger partial charge on any atom is -0.384 e. The van der Waals surface area contributed by atoms with E-state index in [1.165, 1.54) is 6.07 Å². The Bertz CT molecular complexity index is 652. The number of nitrogens with zero attached hydrogens (tertiary/aromatic N) is 1. The Labute approximate surface area is 124 Å². The number of nitrogens with one attached hydrogen (secondary N) is 1. The summed E-state index contributed by atoms with van der Waals surface area (Å²) >= 11 is 0. The topological polar surface area (TPSA) is 53.1 Å². The molecule has 0 radical (unpaired) electrons. The molecule has 0 amide bonds. The van der Waals surface area contributed by atoms with Crippen molar-refractivity contribution in [3.05, 3.63) is 65.0 Å². The molecule has 0 heterocycles. The van der Waals surface area contributed by atoms with E-state index in [1.54, 1.807) is 12.1 Å². The van der Waals surface area contributed by atoms with Crippen LogP contribution in [0.5, 0.6) is 0 Å². The average molecular weight is 285 g/mol. The lowest BCUT2D eigenvalue weighted by Crippen LogP contribution is -2.23. The van der Waals surface area contributed by atoms with Crippen molar-refractivity contribution < 1.29 is 4.39 Å². The van der Waals surface area contributed by atoms with Gasteiger partial charge in [0.15, 0.2) is 0 Å². The van der Waals surface area contributed by atoms with Crippen LogP contribution in [-0.4, -0.2) is 12.4 Å². The number of rotatable bonds is 5. The van der Waals surface area contributed by atoms with Crippen LogP contribution in [0.4, 0.5) is 10.1 Å². The van der Waals surface area contributed by atoms with Crippen molar-refractivity contribution in [2.45, 2.75) is 20.4 Å². The molecule has 0 fully saturated rings. The first-order valence-corrected chi connectivity index (χ1v) is 6.96. The molecule has 3 N–H and O–H groups in total. The van der Waals surface area contributed by atoms with Crippen LogP contribution in [0, 0.1) is 18.2 Å². The van der Waals surface area contributed by atoms with Crippen LogP contribution in [0.1, 0.15) is 23.6 Å². The fourth-order valence-corrected chi connectivity index (χ4v) is 2.32. The van der Waals surface area contributed by atoms with Crippen molar-refractivity contribution in [2.75, 3.05) is 11.4 Å². The SMILES string of the molecule is CCN(Cc1ccc(C(=N)N)cc1C)c1ccccc1F. The number of para-hydroxylation sites is 1. The molecule has 0 saturated carbocycles. The van der Waals surface area contributed by atoms with Gasteiger partial charge in [0, 0.05) is 18.7 Å². The Kier molecular flexibility index (Phi) is 4.58. The molecular formula is C17H20FN3. The predicted octanol–water partition coefficient (Wildman–Crippen LogP) is 3.44. The quantitative estimate of drug-likeness (QED) is 0.653. The van der Waals surface area contributed by atoms with Gasteiger partial charge in [-0.3, -0.25) is 5.41 Å². The summed E-state index contributed by atoms with van der Waals surface area (Å²) in [5.41, 5.74) is 8.97. The molecule has 0 saturated heterocycles. The standard InChI is InChI=1S/C17H20FN3/c1-3-21(16-7-5-4-6-15(16)18)11-14-9-8-13(17(19)20)10-12(14)2/h4-10H,3,11H2,1-2H3,(H3,19,20). The van der Waals surface area contributed by atoms with E-state index in [2.05, 4.69) is 0 Å². The van der Waals surface area contributed by atoms with E-state index in [-0.39, 0.29) is 11.7 Å². The third-order valence-electron chi connectivity index (χ3n) is 3.59. The smallest absolute Gasteiger partial charge is 0.146 e. The van der Waals surface area contributed by atoms with E-state index in [1.807, 2.05) is 43.0 Å². The molecule has 2 rings (SSSR count). The van der Waals surface area contributed by atoms with Crippen LogP contribution >= 0.6 is 0 Å². The second-order valence-corrected chi connectivity index (χ2v) is 5.02. The first-order chi connectivity index (χ1) is 10.0. The van der Waals surface area contributed by atoms with Crippen molar-refractivity contribution in [1.29, 1.82) is 5.41 Å². The zero-order valence-corrected chi connectivity index (χ0v) is 12.4. The van der Waals surface area contributed by atoms with Gasteiger partial charge in [-0.2, -0.15) is 0 Å². The van der Waals surface area contributed by atoms with E-state index in [0.29, 0.717) is 17.8 Å². The summed E-state index contributed by atoms with van der Waals surface area (Å²) in [4.78, 5) is 1.99. The highest BCUT2D eigenvalue weighted by Gasteiger charge is 2.11. The van der Waals surface area contributed by atoms with Gasteiger partial charge in [-0.25, -0.2) is 4.39 Å². The van der Waals surface area contributed by atoms with Gasteiger partial charge >= 0.3 is 0 Å². The van der Waals surface area contributed by atoms with Gasteiger partial charge < -0.3 is 10.6 Å². The summed E-state index contributed by atoms with van der Waals surface area (Å²) < 4.78 is 13.9. The zero-order valence-electron chi connectivity index (χ0n) is 12.4. The fraction of sp³-hybridized carbons (Fsp3) is 0.235. The number of amidine groups is 1. The summed E-state index contributed by atoms with van der Waals surface area (Å²) in [5.74, 6) is -0.150. The van der Waals surface area contributed by atoms with Gasteiger partial charge in [0.2, 0.25) is 0 Å². The Morgan fingerprint density at radius 3 is 2.52 bits per heavy atom. The largest absolute Gasteiger partial charge is 0.384 e. The molecule has 2 aromatic carbocycles. The summed E-state index contributed by atoms with van der Waals surface area (Å²) in [5, 5.41) is 7.46.